The first kappa shape index (κ1) is 13.8. The Bertz CT molecular complexity index is 631. The van der Waals surface area contributed by atoms with Crippen molar-refractivity contribution in [3.63, 3.8) is 0 Å². The highest BCUT2D eigenvalue weighted by Crippen LogP contribution is 2.31. The third-order valence-electron chi connectivity index (χ3n) is 3.26. The Balaban J connectivity index is 1.48. The predicted molar refractivity (Wildman–Crippen MR) is 80.3 cm³/mol. The zero-order valence-corrected chi connectivity index (χ0v) is 12.2. The summed E-state index contributed by atoms with van der Waals surface area (Å²) in [4.78, 5) is 31.1. The highest BCUT2D eigenvalue weighted by molar-refractivity contribution is 7.18. The summed E-state index contributed by atoms with van der Waals surface area (Å²) in [5, 5.41) is 6.42. The van der Waals surface area contributed by atoms with Crippen LogP contribution in [0.4, 0.5) is 5.00 Å². The van der Waals surface area contributed by atoms with Gasteiger partial charge in [-0.2, -0.15) is 0 Å². The van der Waals surface area contributed by atoms with Crippen molar-refractivity contribution in [2.75, 3.05) is 11.9 Å². The largest absolute Gasteiger partial charge is 0.351 e. The number of H-pyrrole nitrogens is 1. The van der Waals surface area contributed by atoms with Crippen molar-refractivity contribution in [1.29, 1.82) is 0 Å². The van der Waals surface area contributed by atoms with Crippen LogP contribution in [0.1, 0.15) is 28.2 Å². The molecule has 2 aromatic heterocycles. The molecule has 3 rings (SSSR count). The summed E-state index contributed by atoms with van der Waals surface area (Å²) in [6.45, 7) is 0.544. The van der Waals surface area contributed by atoms with Gasteiger partial charge in [0.2, 0.25) is 5.91 Å². The lowest BCUT2D eigenvalue weighted by Gasteiger charge is -2.02. The van der Waals surface area contributed by atoms with Crippen LogP contribution in [0, 0.1) is 5.92 Å². The maximum Gasteiger partial charge on any atom is 0.261 e. The van der Waals surface area contributed by atoms with Crippen LogP contribution in [-0.4, -0.2) is 28.3 Å². The third-order valence-corrected chi connectivity index (χ3v) is 4.26. The number of anilines is 1. The molecule has 3 N–H and O–H groups in total. The van der Waals surface area contributed by atoms with E-state index < -0.39 is 0 Å². The van der Waals surface area contributed by atoms with E-state index in [2.05, 4.69) is 20.6 Å². The van der Waals surface area contributed by atoms with Crippen molar-refractivity contribution < 1.29 is 9.59 Å². The molecule has 2 aromatic rings. The van der Waals surface area contributed by atoms with Crippen LogP contribution in [-0.2, 0) is 11.2 Å². The SMILES string of the molecule is O=C(NCCc1cnc[nH]1)c1ccc(NC(=O)C2CC2)s1. The first-order valence-corrected chi connectivity index (χ1v) is 7.70. The molecule has 0 unspecified atom stereocenters. The number of carbonyl (C=O) groups excluding carboxylic acids is 2. The van der Waals surface area contributed by atoms with Gasteiger partial charge < -0.3 is 15.6 Å². The molecule has 0 aromatic carbocycles. The molecule has 1 saturated carbocycles. The lowest BCUT2D eigenvalue weighted by atomic mass is 10.3. The summed E-state index contributed by atoms with van der Waals surface area (Å²) in [5.74, 6) is 0.105. The quantitative estimate of drug-likeness (QED) is 0.760. The topological polar surface area (TPSA) is 86.9 Å². The molecule has 0 atom stereocenters. The van der Waals surface area contributed by atoms with Crippen molar-refractivity contribution in [1.82, 2.24) is 15.3 Å². The lowest BCUT2D eigenvalue weighted by Crippen LogP contribution is -2.24. The lowest BCUT2D eigenvalue weighted by molar-refractivity contribution is -0.117. The van der Waals surface area contributed by atoms with Gasteiger partial charge in [-0.3, -0.25) is 9.59 Å². The maximum atomic E-state index is 12.0. The van der Waals surface area contributed by atoms with Crippen LogP contribution in [0.3, 0.4) is 0 Å². The van der Waals surface area contributed by atoms with Crippen molar-refractivity contribution in [2.45, 2.75) is 19.3 Å². The third kappa shape index (κ3) is 3.69. The Kier molecular flexibility index (Phi) is 4.01. The normalized spacial score (nSPS) is 13.9. The minimum Gasteiger partial charge on any atom is -0.351 e. The summed E-state index contributed by atoms with van der Waals surface area (Å²) in [7, 11) is 0. The van der Waals surface area contributed by atoms with Crippen LogP contribution in [0.2, 0.25) is 0 Å². The summed E-state index contributed by atoms with van der Waals surface area (Å²) in [5.41, 5.74) is 0.985. The molecule has 2 heterocycles. The second-order valence-corrected chi connectivity index (χ2v) is 6.09. The van der Waals surface area contributed by atoms with E-state index in [1.807, 2.05) is 0 Å². The number of aromatic amines is 1. The molecule has 0 spiro atoms. The molecular formula is C14H16N4O2S. The van der Waals surface area contributed by atoms with Gasteiger partial charge in [0, 0.05) is 30.8 Å². The summed E-state index contributed by atoms with van der Waals surface area (Å²) in [6.07, 6.45) is 6.01. The maximum absolute atomic E-state index is 12.0. The molecule has 1 aliphatic carbocycles. The van der Waals surface area contributed by atoms with Crippen LogP contribution in [0.25, 0.3) is 0 Å². The number of imidazole rings is 1. The number of amides is 2. The summed E-state index contributed by atoms with van der Waals surface area (Å²) < 4.78 is 0. The number of nitrogens with one attached hydrogen (secondary N) is 3. The number of nitrogens with zero attached hydrogens (tertiary/aromatic N) is 1. The van der Waals surface area contributed by atoms with E-state index in [9.17, 15) is 9.59 Å². The minimum absolute atomic E-state index is 0.0584. The van der Waals surface area contributed by atoms with E-state index in [0.717, 1.165) is 23.5 Å². The first-order valence-electron chi connectivity index (χ1n) is 6.88. The molecule has 0 radical (unpaired) electrons. The fraction of sp³-hybridized carbons (Fsp3) is 0.357. The number of aromatic nitrogens is 2. The van der Waals surface area contributed by atoms with E-state index in [1.165, 1.54) is 11.3 Å². The Morgan fingerprint density at radius 1 is 1.38 bits per heavy atom. The smallest absolute Gasteiger partial charge is 0.261 e. The second-order valence-electron chi connectivity index (χ2n) is 5.01. The van der Waals surface area contributed by atoms with Gasteiger partial charge in [-0.1, -0.05) is 0 Å². The fourth-order valence-electron chi connectivity index (χ4n) is 1.92. The molecule has 1 fully saturated rings. The predicted octanol–water partition coefficient (Wildman–Crippen LogP) is 1.79. The number of thiophene rings is 1. The number of hydrogen-bond donors (Lipinski definition) is 3. The molecular weight excluding hydrogens is 288 g/mol. The average molecular weight is 304 g/mol. The Morgan fingerprint density at radius 3 is 2.95 bits per heavy atom. The van der Waals surface area contributed by atoms with Gasteiger partial charge in [0.1, 0.15) is 0 Å². The standard InChI is InChI=1S/C14H16N4O2S/c19-13(9-1-2-9)18-12-4-3-11(21-12)14(20)16-6-5-10-7-15-8-17-10/h3-4,7-9H,1-2,5-6H2,(H,15,17)(H,16,20)(H,18,19). The van der Waals surface area contributed by atoms with E-state index in [1.54, 1.807) is 24.7 Å². The monoisotopic (exact) mass is 304 g/mol. The van der Waals surface area contributed by atoms with E-state index in [-0.39, 0.29) is 17.7 Å². The molecule has 1 aliphatic rings. The number of rotatable bonds is 6. The fourth-order valence-corrected chi connectivity index (χ4v) is 2.74. The summed E-state index contributed by atoms with van der Waals surface area (Å²) in [6, 6.07) is 3.51. The van der Waals surface area contributed by atoms with Crippen molar-refractivity contribution in [3.8, 4) is 0 Å². The van der Waals surface area contributed by atoms with Crippen molar-refractivity contribution >= 4 is 28.2 Å². The molecule has 21 heavy (non-hydrogen) atoms. The van der Waals surface area contributed by atoms with E-state index in [4.69, 9.17) is 0 Å². The van der Waals surface area contributed by atoms with Crippen LogP contribution in [0.15, 0.2) is 24.7 Å². The van der Waals surface area contributed by atoms with Gasteiger partial charge in [-0.05, 0) is 25.0 Å². The van der Waals surface area contributed by atoms with Gasteiger partial charge >= 0.3 is 0 Å². The van der Waals surface area contributed by atoms with Gasteiger partial charge in [0.15, 0.2) is 0 Å². The van der Waals surface area contributed by atoms with Crippen molar-refractivity contribution in [3.05, 3.63) is 35.2 Å². The van der Waals surface area contributed by atoms with E-state index >= 15 is 0 Å². The van der Waals surface area contributed by atoms with Gasteiger partial charge in [0.05, 0.1) is 16.2 Å². The van der Waals surface area contributed by atoms with Gasteiger partial charge in [0.25, 0.3) is 5.91 Å². The molecule has 7 heteroatoms. The van der Waals surface area contributed by atoms with Gasteiger partial charge in [-0.25, -0.2) is 4.98 Å². The Morgan fingerprint density at radius 2 is 2.24 bits per heavy atom. The van der Waals surface area contributed by atoms with E-state index in [0.29, 0.717) is 17.8 Å². The zero-order valence-electron chi connectivity index (χ0n) is 11.4. The highest BCUT2D eigenvalue weighted by atomic mass is 32.1. The van der Waals surface area contributed by atoms with Crippen molar-refractivity contribution in [2.24, 2.45) is 5.92 Å². The molecule has 0 saturated heterocycles. The number of hydrogen-bond acceptors (Lipinski definition) is 4. The molecule has 0 bridgehead atoms. The summed E-state index contributed by atoms with van der Waals surface area (Å²) >= 11 is 1.30. The highest BCUT2D eigenvalue weighted by Gasteiger charge is 2.29. The molecule has 6 nitrogen and oxygen atoms in total. The van der Waals surface area contributed by atoms with Gasteiger partial charge in [-0.15, -0.1) is 11.3 Å². The molecule has 2 amide bonds. The average Bonchev–Trinajstić information content (AvgIpc) is 3.00. The zero-order chi connectivity index (χ0) is 14.7. The van der Waals surface area contributed by atoms with Crippen LogP contribution >= 0.6 is 11.3 Å². The first-order chi connectivity index (χ1) is 10.2. The Labute approximate surface area is 126 Å². The minimum atomic E-state index is -0.119. The van der Waals surface area contributed by atoms with Crippen LogP contribution < -0.4 is 10.6 Å². The Hall–Kier alpha value is -2.15. The van der Waals surface area contributed by atoms with Crippen LogP contribution in [0.5, 0.6) is 0 Å². The molecule has 110 valence electrons. The second kappa shape index (κ2) is 6.09. The molecule has 0 aliphatic heterocycles. The number of carbonyl (C=O) groups is 2.